The van der Waals surface area contributed by atoms with Crippen molar-refractivity contribution in [2.75, 3.05) is 6.26 Å². The van der Waals surface area contributed by atoms with Crippen LogP contribution in [0.4, 0.5) is 4.39 Å². The number of hydrogen-bond donors (Lipinski definition) is 1. The van der Waals surface area contributed by atoms with E-state index in [1.165, 1.54) is 36.4 Å². The summed E-state index contributed by atoms with van der Waals surface area (Å²) in [5.41, 5.74) is 1.14. The highest BCUT2D eigenvalue weighted by atomic mass is 32.2. The van der Waals surface area contributed by atoms with E-state index in [4.69, 9.17) is 0 Å². The highest BCUT2D eigenvalue weighted by molar-refractivity contribution is 7.90. The smallest absolute Gasteiger partial charge is 0.251 e. The quantitative estimate of drug-likeness (QED) is 0.941. The molecule has 0 heterocycles. The Morgan fingerprint density at radius 2 is 1.62 bits per heavy atom. The number of carbonyl (C=O) groups is 1. The fourth-order valence-electron chi connectivity index (χ4n) is 1.74. The number of amides is 1. The molecule has 2 aromatic rings. The Morgan fingerprint density at radius 3 is 2.14 bits per heavy atom. The second-order valence-corrected chi connectivity index (χ2v) is 6.62. The topological polar surface area (TPSA) is 63.2 Å². The van der Waals surface area contributed by atoms with E-state index >= 15 is 0 Å². The van der Waals surface area contributed by atoms with E-state index in [0.717, 1.165) is 11.8 Å². The van der Waals surface area contributed by atoms with Gasteiger partial charge in [0.15, 0.2) is 9.84 Å². The largest absolute Gasteiger partial charge is 0.348 e. The lowest BCUT2D eigenvalue weighted by Gasteiger charge is -2.06. The average Bonchev–Trinajstić information content (AvgIpc) is 2.45. The minimum Gasteiger partial charge on any atom is -0.348 e. The molecule has 1 N–H and O–H groups in total. The zero-order chi connectivity index (χ0) is 15.5. The third-order valence-electron chi connectivity index (χ3n) is 2.91. The fraction of sp³-hybridized carbons (Fsp3) is 0.133. The third-order valence-corrected chi connectivity index (χ3v) is 4.04. The van der Waals surface area contributed by atoms with Gasteiger partial charge in [0.25, 0.3) is 5.91 Å². The van der Waals surface area contributed by atoms with E-state index in [0.29, 0.717) is 5.56 Å². The normalized spacial score (nSPS) is 11.1. The molecule has 0 atom stereocenters. The van der Waals surface area contributed by atoms with Crippen LogP contribution in [0.5, 0.6) is 0 Å². The summed E-state index contributed by atoms with van der Waals surface area (Å²) in [6.45, 7) is 0.264. The van der Waals surface area contributed by atoms with Gasteiger partial charge in [0, 0.05) is 18.4 Å². The van der Waals surface area contributed by atoms with Gasteiger partial charge in [-0.25, -0.2) is 12.8 Å². The molecule has 0 bridgehead atoms. The molecular weight excluding hydrogens is 293 g/mol. The van der Waals surface area contributed by atoms with Gasteiger partial charge in [-0.1, -0.05) is 12.1 Å². The van der Waals surface area contributed by atoms with Crippen LogP contribution in [0.2, 0.25) is 0 Å². The zero-order valence-corrected chi connectivity index (χ0v) is 12.2. The molecule has 0 saturated heterocycles. The maximum Gasteiger partial charge on any atom is 0.251 e. The molecule has 2 aromatic carbocycles. The third kappa shape index (κ3) is 4.13. The van der Waals surface area contributed by atoms with Gasteiger partial charge in [0.2, 0.25) is 0 Å². The van der Waals surface area contributed by atoms with Crippen LogP contribution in [0.25, 0.3) is 0 Å². The van der Waals surface area contributed by atoms with Crippen molar-refractivity contribution in [3.63, 3.8) is 0 Å². The molecule has 0 spiro atoms. The summed E-state index contributed by atoms with van der Waals surface area (Å²) in [5.74, 6) is -0.717. The van der Waals surface area contributed by atoms with Gasteiger partial charge in [-0.15, -0.1) is 0 Å². The summed E-state index contributed by atoms with van der Waals surface area (Å²) in [5, 5.41) is 2.68. The summed E-state index contributed by atoms with van der Waals surface area (Å²) in [7, 11) is -3.22. The maximum atomic E-state index is 12.8. The van der Waals surface area contributed by atoms with Crippen molar-refractivity contribution in [3.8, 4) is 0 Å². The van der Waals surface area contributed by atoms with Crippen LogP contribution < -0.4 is 5.32 Å². The van der Waals surface area contributed by atoms with E-state index in [-0.39, 0.29) is 17.3 Å². The summed E-state index contributed by atoms with van der Waals surface area (Å²) in [6.07, 6.45) is 1.14. The Bertz CT molecular complexity index is 737. The van der Waals surface area contributed by atoms with Crippen molar-refractivity contribution in [1.29, 1.82) is 0 Å². The van der Waals surface area contributed by atoms with Crippen molar-refractivity contribution in [3.05, 3.63) is 65.5 Å². The molecule has 0 fully saturated rings. The Labute approximate surface area is 122 Å². The molecule has 0 saturated carbocycles. The Kier molecular flexibility index (Phi) is 4.37. The van der Waals surface area contributed by atoms with Gasteiger partial charge >= 0.3 is 0 Å². The highest BCUT2D eigenvalue weighted by Crippen LogP contribution is 2.10. The molecule has 6 heteroatoms. The lowest BCUT2D eigenvalue weighted by molar-refractivity contribution is 0.0951. The zero-order valence-electron chi connectivity index (χ0n) is 11.3. The Morgan fingerprint density at radius 1 is 1.05 bits per heavy atom. The van der Waals surface area contributed by atoms with Gasteiger partial charge in [0.05, 0.1) is 4.90 Å². The van der Waals surface area contributed by atoms with E-state index in [2.05, 4.69) is 5.32 Å². The minimum atomic E-state index is -3.22. The predicted molar refractivity (Wildman–Crippen MR) is 77.1 cm³/mol. The summed E-state index contributed by atoms with van der Waals surface area (Å²) < 4.78 is 35.4. The van der Waals surface area contributed by atoms with Crippen LogP contribution >= 0.6 is 0 Å². The number of carbonyl (C=O) groups excluding carboxylic acids is 1. The van der Waals surface area contributed by atoms with Gasteiger partial charge in [-0.05, 0) is 42.0 Å². The molecule has 2 rings (SSSR count). The lowest BCUT2D eigenvalue weighted by atomic mass is 10.2. The van der Waals surface area contributed by atoms with Gasteiger partial charge in [0.1, 0.15) is 5.82 Å². The second kappa shape index (κ2) is 6.05. The van der Waals surface area contributed by atoms with E-state index < -0.39 is 15.7 Å². The van der Waals surface area contributed by atoms with E-state index in [1.807, 2.05) is 0 Å². The first kappa shape index (κ1) is 15.2. The monoisotopic (exact) mass is 307 g/mol. The van der Waals surface area contributed by atoms with Crippen LogP contribution in [0.1, 0.15) is 15.9 Å². The summed E-state index contributed by atoms with van der Waals surface area (Å²) in [4.78, 5) is 12.1. The molecular formula is C15H14FNO3S. The summed E-state index contributed by atoms with van der Waals surface area (Å²) >= 11 is 0. The molecule has 0 radical (unpaired) electrons. The first-order chi connectivity index (χ1) is 9.86. The van der Waals surface area contributed by atoms with Gasteiger partial charge < -0.3 is 5.32 Å². The molecule has 0 aliphatic carbocycles. The standard InChI is InChI=1S/C15H14FNO3S/c1-21(19,20)14-8-2-11(3-9-14)10-17-15(18)12-4-6-13(16)7-5-12/h2-9H,10H2,1H3,(H,17,18). The van der Waals surface area contributed by atoms with Crippen LogP contribution in [-0.4, -0.2) is 20.6 Å². The van der Waals surface area contributed by atoms with Crippen molar-refractivity contribution in [2.45, 2.75) is 11.4 Å². The van der Waals surface area contributed by atoms with Gasteiger partial charge in [-0.2, -0.15) is 0 Å². The highest BCUT2D eigenvalue weighted by Gasteiger charge is 2.08. The predicted octanol–water partition coefficient (Wildman–Crippen LogP) is 2.16. The SMILES string of the molecule is CS(=O)(=O)c1ccc(CNC(=O)c2ccc(F)cc2)cc1. The molecule has 21 heavy (non-hydrogen) atoms. The van der Waals surface area contributed by atoms with Crippen LogP contribution in [0, 0.1) is 5.82 Å². The second-order valence-electron chi connectivity index (χ2n) is 4.61. The van der Waals surface area contributed by atoms with Crippen LogP contribution in [0.15, 0.2) is 53.4 Å². The Hall–Kier alpha value is -2.21. The molecule has 1 amide bonds. The van der Waals surface area contributed by atoms with Crippen molar-refractivity contribution in [1.82, 2.24) is 5.32 Å². The van der Waals surface area contributed by atoms with E-state index in [1.54, 1.807) is 12.1 Å². The number of sulfone groups is 1. The number of nitrogens with one attached hydrogen (secondary N) is 1. The maximum absolute atomic E-state index is 12.8. The minimum absolute atomic E-state index is 0.233. The molecule has 0 aromatic heterocycles. The number of benzene rings is 2. The Balaban J connectivity index is 2.00. The molecule has 0 aliphatic rings. The van der Waals surface area contributed by atoms with Crippen molar-refractivity contribution >= 4 is 15.7 Å². The van der Waals surface area contributed by atoms with Gasteiger partial charge in [-0.3, -0.25) is 4.79 Å². The average molecular weight is 307 g/mol. The number of halogens is 1. The van der Waals surface area contributed by atoms with Crippen molar-refractivity contribution in [2.24, 2.45) is 0 Å². The van der Waals surface area contributed by atoms with Crippen LogP contribution in [-0.2, 0) is 16.4 Å². The first-order valence-corrected chi connectivity index (χ1v) is 8.08. The molecule has 110 valence electrons. The molecule has 0 aliphatic heterocycles. The molecule has 4 nitrogen and oxygen atoms in total. The number of hydrogen-bond acceptors (Lipinski definition) is 3. The first-order valence-electron chi connectivity index (χ1n) is 6.19. The fourth-order valence-corrected chi connectivity index (χ4v) is 2.37. The lowest BCUT2D eigenvalue weighted by Crippen LogP contribution is -2.22. The molecule has 0 unspecified atom stereocenters. The van der Waals surface area contributed by atoms with E-state index in [9.17, 15) is 17.6 Å². The number of rotatable bonds is 4. The summed E-state index contributed by atoms with van der Waals surface area (Å²) in [6, 6.07) is 11.5. The van der Waals surface area contributed by atoms with Crippen LogP contribution in [0.3, 0.4) is 0 Å². The van der Waals surface area contributed by atoms with Crippen molar-refractivity contribution < 1.29 is 17.6 Å².